The number of fused-ring (bicyclic) bond motifs is 1. The molecule has 0 bridgehead atoms. The third-order valence-corrected chi connectivity index (χ3v) is 4.61. The minimum atomic E-state index is 0.112. The zero-order chi connectivity index (χ0) is 16.5. The molecule has 1 saturated heterocycles. The Hall–Kier alpha value is -2.83. The second-order valence-electron chi connectivity index (χ2n) is 6.17. The van der Waals surface area contributed by atoms with Crippen LogP contribution in [-0.4, -0.2) is 49.1 Å². The van der Waals surface area contributed by atoms with Crippen LogP contribution >= 0.6 is 0 Å². The number of amides is 1. The lowest BCUT2D eigenvalue weighted by Gasteiger charge is -2.33. The zero-order valence-corrected chi connectivity index (χ0v) is 13.6. The monoisotopic (exact) mass is 324 g/mol. The van der Waals surface area contributed by atoms with E-state index in [1.54, 1.807) is 10.8 Å². The molecule has 1 aliphatic heterocycles. The molecule has 0 radical (unpaired) electrons. The molecule has 124 valence electrons. The Balaban J connectivity index is 1.41. The van der Waals surface area contributed by atoms with Crippen LogP contribution in [0.3, 0.4) is 0 Å². The van der Waals surface area contributed by atoms with E-state index < -0.39 is 0 Å². The Morgan fingerprint density at radius 3 is 2.75 bits per heavy atom. The van der Waals surface area contributed by atoms with Gasteiger partial charge in [-0.3, -0.25) is 4.79 Å². The average molecular weight is 324 g/mol. The highest BCUT2D eigenvalue weighted by Crippen LogP contribution is 2.20. The van der Waals surface area contributed by atoms with Crippen molar-refractivity contribution in [2.24, 2.45) is 7.05 Å². The maximum absolute atomic E-state index is 12.5. The summed E-state index contributed by atoms with van der Waals surface area (Å²) in [4.78, 5) is 18.8. The molecule has 4 heterocycles. The summed E-state index contributed by atoms with van der Waals surface area (Å²) in [6.45, 7) is 1.52. The van der Waals surface area contributed by atoms with Crippen LogP contribution in [0.15, 0.2) is 43.0 Å². The fraction of sp³-hybridized carbons (Fsp3) is 0.353. The van der Waals surface area contributed by atoms with Gasteiger partial charge in [-0.2, -0.15) is 5.10 Å². The first-order valence-corrected chi connectivity index (χ1v) is 8.18. The molecule has 0 unspecified atom stereocenters. The highest BCUT2D eigenvalue weighted by atomic mass is 16.2. The van der Waals surface area contributed by atoms with Gasteiger partial charge in [0.05, 0.1) is 5.69 Å². The first kappa shape index (κ1) is 14.7. The van der Waals surface area contributed by atoms with Crippen molar-refractivity contribution in [1.82, 2.24) is 24.1 Å². The predicted octanol–water partition coefficient (Wildman–Crippen LogP) is 1.78. The van der Waals surface area contributed by atoms with Crippen LogP contribution < -0.4 is 5.32 Å². The SMILES string of the molecule is Cn1cccc1C(=O)N1CCC(Nc2cccn3ncnc23)CC1. The largest absolute Gasteiger partial charge is 0.379 e. The number of hydrogen-bond donors (Lipinski definition) is 1. The highest BCUT2D eigenvalue weighted by molar-refractivity contribution is 5.92. The second-order valence-corrected chi connectivity index (χ2v) is 6.17. The topological polar surface area (TPSA) is 67.5 Å². The lowest BCUT2D eigenvalue weighted by atomic mass is 10.0. The number of piperidine rings is 1. The number of carbonyl (C=O) groups is 1. The Morgan fingerprint density at radius 2 is 2.00 bits per heavy atom. The molecular weight excluding hydrogens is 304 g/mol. The van der Waals surface area contributed by atoms with E-state index >= 15 is 0 Å². The average Bonchev–Trinajstić information content (AvgIpc) is 3.24. The van der Waals surface area contributed by atoms with Crippen LogP contribution in [0.5, 0.6) is 0 Å². The van der Waals surface area contributed by atoms with Crippen LogP contribution in [0.4, 0.5) is 5.69 Å². The normalized spacial score (nSPS) is 15.8. The summed E-state index contributed by atoms with van der Waals surface area (Å²) in [6, 6.07) is 8.09. The molecule has 1 fully saturated rings. The molecule has 0 aliphatic carbocycles. The molecule has 0 atom stereocenters. The van der Waals surface area contributed by atoms with Gasteiger partial charge >= 0.3 is 0 Å². The molecule has 0 aromatic carbocycles. The smallest absolute Gasteiger partial charge is 0.270 e. The van der Waals surface area contributed by atoms with Crippen molar-refractivity contribution in [3.05, 3.63) is 48.7 Å². The molecule has 24 heavy (non-hydrogen) atoms. The van der Waals surface area contributed by atoms with Crippen molar-refractivity contribution in [2.75, 3.05) is 18.4 Å². The molecule has 0 saturated carbocycles. The van der Waals surface area contributed by atoms with Crippen LogP contribution in [-0.2, 0) is 7.05 Å². The van der Waals surface area contributed by atoms with Crippen molar-refractivity contribution >= 4 is 17.2 Å². The number of aryl methyl sites for hydroxylation is 1. The van der Waals surface area contributed by atoms with Crippen LogP contribution in [0.2, 0.25) is 0 Å². The van der Waals surface area contributed by atoms with Crippen LogP contribution in [0, 0.1) is 0 Å². The summed E-state index contributed by atoms with van der Waals surface area (Å²) >= 11 is 0. The molecule has 3 aromatic heterocycles. The van der Waals surface area contributed by atoms with E-state index in [9.17, 15) is 4.79 Å². The molecule has 4 rings (SSSR count). The molecular formula is C17H20N6O. The maximum Gasteiger partial charge on any atom is 0.270 e. The summed E-state index contributed by atoms with van der Waals surface area (Å²) in [6.07, 6.45) is 7.19. The van der Waals surface area contributed by atoms with E-state index in [1.807, 2.05) is 53.2 Å². The number of pyridine rings is 1. The first-order chi connectivity index (χ1) is 11.7. The molecule has 0 spiro atoms. The Morgan fingerprint density at radius 1 is 1.21 bits per heavy atom. The maximum atomic E-state index is 12.5. The molecule has 1 N–H and O–H groups in total. The number of aromatic nitrogens is 4. The lowest BCUT2D eigenvalue weighted by Crippen LogP contribution is -2.42. The van der Waals surface area contributed by atoms with Gasteiger partial charge in [0.2, 0.25) is 0 Å². The minimum absolute atomic E-state index is 0.112. The van der Waals surface area contributed by atoms with Crippen LogP contribution in [0.25, 0.3) is 5.65 Å². The second kappa shape index (κ2) is 5.99. The molecule has 7 nitrogen and oxygen atoms in total. The van der Waals surface area contributed by atoms with Gasteiger partial charge in [-0.1, -0.05) is 0 Å². The summed E-state index contributed by atoms with van der Waals surface area (Å²) in [5.41, 5.74) is 2.57. The number of carbonyl (C=O) groups excluding carboxylic acids is 1. The van der Waals surface area contributed by atoms with E-state index in [1.165, 1.54) is 0 Å². The Bertz CT molecular complexity index is 859. The van der Waals surface area contributed by atoms with Crippen molar-refractivity contribution in [3.8, 4) is 0 Å². The van der Waals surface area contributed by atoms with Crippen molar-refractivity contribution < 1.29 is 4.79 Å². The van der Waals surface area contributed by atoms with Gasteiger partial charge in [-0.05, 0) is 37.1 Å². The third kappa shape index (κ3) is 2.62. The van der Waals surface area contributed by atoms with E-state index in [4.69, 9.17) is 0 Å². The predicted molar refractivity (Wildman–Crippen MR) is 90.9 cm³/mol. The molecule has 1 amide bonds. The molecule has 7 heteroatoms. The highest BCUT2D eigenvalue weighted by Gasteiger charge is 2.25. The van der Waals surface area contributed by atoms with E-state index in [0.717, 1.165) is 43.0 Å². The number of anilines is 1. The molecule has 1 aliphatic rings. The van der Waals surface area contributed by atoms with E-state index in [0.29, 0.717) is 6.04 Å². The first-order valence-electron chi connectivity index (χ1n) is 8.18. The van der Waals surface area contributed by atoms with Gasteiger partial charge in [-0.15, -0.1) is 0 Å². The van der Waals surface area contributed by atoms with Gasteiger partial charge in [0, 0.05) is 38.6 Å². The van der Waals surface area contributed by atoms with Crippen molar-refractivity contribution in [3.63, 3.8) is 0 Å². The number of likely N-dealkylation sites (tertiary alicyclic amines) is 1. The lowest BCUT2D eigenvalue weighted by molar-refractivity contribution is 0.0709. The van der Waals surface area contributed by atoms with Gasteiger partial charge in [0.15, 0.2) is 5.65 Å². The number of rotatable bonds is 3. The molecule has 3 aromatic rings. The minimum Gasteiger partial charge on any atom is -0.379 e. The van der Waals surface area contributed by atoms with Gasteiger partial charge in [-0.25, -0.2) is 9.50 Å². The van der Waals surface area contributed by atoms with Crippen molar-refractivity contribution in [1.29, 1.82) is 0 Å². The van der Waals surface area contributed by atoms with E-state index in [-0.39, 0.29) is 5.91 Å². The van der Waals surface area contributed by atoms with Crippen molar-refractivity contribution in [2.45, 2.75) is 18.9 Å². The third-order valence-electron chi connectivity index (χ3n) is 4.61. The van der Waals surface area contributed by atoms with Crippen LogP contribution in [0.1, 0.15) is 23.3 Å². The summed E-state index contributed by atoms with van der Waals surface area (Å²) in [5.74, 6) is 0.112. The van der Waals surface area contributed by atoms with E-state index in [2.05, 4.69) is 15.4 Å². The standard InChI is InChI=1S/C17H20N6O/c1-21-8-3-5-15(21)17(24)22-10-6-13(7-11-22)20-14-4-2-9-23-16(14)18-12-19-23/h2-5,8-9,12-13,20H,6-7,10-11H2,1H3. The van der Waals surface area contributed by atoms with Gasteiger partial charge in [0.25, 0.3) is 5.91 Å². The fourth-order valence-corrected chi connectivity index (χ4v) is 3.25. The Kier molecular flexibility index (Phi) is 3.68. The number of nitrogens with zero attached hydrogens (tertiary/aromatic N) is 5. The van der Waals surface area contributed by atoms with Gasteiger partial charge in [0.1, 0.15) is 12.0 Å². The summed E-state index contributed by atoms with van der Waals surface area (Å²) in [7, 11) is 1.90. The van der Waals surface area contributed by atoms with Gasteiger partial charge < -0.3 is 14.8 Å². The Labute approximate surface area is 139 Å². The quantitative estimate of drug-likeness (QED) is 0.797. The number of hydrogen-bond acceptors (Lipinski definition) is 4. The fourth-order valence-electron chi connectivity index (χ4n) is 3.25. The summed E-state index contributed by atoms with van der Waals surface area (Å²) in [5, 5.41) is 7.70. The zero-order valence-electron chi connectivity index (χ0n) is 13.6. The summed E-state index contributed by atoms with van der Waals surface area (Å²) < 4.78 is 3.63. The number of nitrogens with one attached hydrogen (secondary N) is 1.